The molecule has 0 radical (unpaired) electrons. The molecule has 2 N–H and O–H groups in total. The fourth-order valence-electron chi connectivity index (χ4n) is 1.92. The van der Waals surface area contributed by atoms with Crippen LogP contribution in [-0.4, -0.2) is 10.7 Å². The molecule has 0 amide bonds. The highest BCUT2D eigenvalue weighted by atomic mass is 16.5. The summed E-state index contributed by atoms with van der Waals surface area (Å²) < 4.78 is 0. The van der Waals surface area contributed by atoms with Crippen LogP contribution in [0, 0.1) is 5.92 Å². The first-order chi connectivity index (χ1) is 5.17. The van der Waals surface area contributed by atoms with Crippen molar-refractivity contribution in [3.05, 3.63) is 0 Å². The summed E-state index contributed by atoms with van der Waals surface area (Å²) in [7, 11) is 0. The van der Waals surface area contributed by atoms with Crippen molar-refractivity contribution in [1.29, 1.82) is 0 Å². The van der Waals surface area contributed by atoms with E-state index in [1.165, 1.54) is 32.1 Å². The molecule has 11 heavy (non-hydrogen) atoms. The Morgan fingerprint density at radius 1 is 1.18 bits per heavy atom. The van der Waals surface area contributed by atoms with E-state index in [2.05, 4.69) is 19.3 Å². The normalized spacial score (nSPS) is 22.1. The van der Waals surface area contributed by atoms with Crippen molar-refractivity contribution in [1.82, 2.24) is 5.48 Å². The van der Waals surface area contributed by atoms with Gasteiger partial charge in [-0.3, -0.25) is 0 Å². The van der Waals surface area contributed by atoms with Gasteiger partial charge in [0.15, 0.2) is 0 Å². The fourth-order valence-corrected chi connectivity index (χ4v) is 1.92. The second-order valence-corrected chi connectivity index (χ2v) is 4.17. The van der Waals surface area contributed by atoms with Crippen LogP contribution in [0.25, 0.3) is 0 Å². The van der Waals surface area contributed by atoms with Crippen LogP contribution < -0.4 is 5.48 Å². The molecule has 1 aliphatic carbocycles. The Bertz CT molecular complexity index is 117. The number of nitrogens with one attached hydrogen (secondary N) is 1. The third-order valence-corrected chi connectivity index (χ3v) is 2.91. The van der Waals surface area contributed by atoms with Crippen molar-refractivity contribution < 1.29 is 5.21 Å². The van der Waals surface area contributed by atoms with Gasteiger partial charge < -0.3 is 5.21 Å². The van der Waals surface area contributed by atoms with E-state index in [4.69, 9.17) is 5.21 Å². The van der Waals surface area contributed by atoms with Gasteiger partial charge in [0, 0.05) is 5.54 Å². The van der Waals surface area contributed by atoms with E-state index < -0.39 is 0 Å². The van der Waals surface area contributed by atoms with Crippen molar-refractivity contribution in [2.24, 2.45) is 5.92 Å². The standard InChI is InChI=1S/C9H19NO/c1-9(2,10-11)8-6-4-3-5-7-8/h8,10-11H,3-7H2,1-2H3. The van der Waals surface area contributed by atoms with Gasteiger partial charge in [-0.2, -0.15) is 5.48 Å². The van der Waals surface area contributed by atoms with Gasteiger partial charge >= 0.3 is 0 Å². The van der Waals surface area contributed by atoms with Crippen LogP contribution in [0.4, 0.5) is 0 Å². The van der Waals surface area contributed by atoms with Gasteiger partial charge in [0.1, 0.15) is 0 Å². The summed E-state index contributed by atoms with van der Waals surface area (Å²) in [5, 5.41) is 8.90. The van der Waals surface area contributed by atoms with E-state index in [0.29, 0.717) is 5.92 Å². The maximum atomic E-state index is 8.90. The van der Waals surface area contributed by atoms with Crippen molar-refractivity contribution in [3.8, 4) is 0 Å². The first-order valence-electron chi connectivity index (χ1n) is 4.58. The zero-order chi connectivity index (χ0) is 8.32. The summed E-state index contributed by atoms with van der Waals surface area (Å²) in [5.41, 5.74) is 2.33. The Morgan fingerprint density at radius 2 is 1.73 bits per heavy atom. The predicted octanol–water partition coefficient (Wildman–Crippen LogP) is 2.32. The minimum atomic E-state index is -0.0829. The maximum absolute atomic E-state index is 8.90. The molecule has 0 aromatic heterocycles. The van der Waals surface area contributed by atoms with Crippen LogP contribution >= 0.6 is 0 Å². The molecule has 0 heterocycles. The van der Waals surface area contributed by atoms with Gasteiger partial charge in [0.05, 0.1) is 0 Å². The number of hydrogen-bond donors (Lipinski definition) is 2. The van der Waals surface area contributed by atoms with Crippen LogP contribution in [0.1, 0.15) is 46.0 Å². The average molecular weight is 157 g/mol. The molecule has 1 aliphatic rings. The van der Waals surface area contributed by atoms with Crippen molar-refractivity contribution in [3.63, 3.8) is 0 Å². The van der Waals surface area contributed by atoms with Crippen LogP contribution in [0.5, 0.6) is 0 Å². The zero-order valence-corrected chi connectivity index (χ0v) is 7.56. The Kier molecular flexibility index (Phi) is 2.90. The fraction of sp³-hybridized carbons (Fsp3) is 1.00. The first kappa shape index (κ1) is 9.01. The highest BCUT2D eigenvalue weighted by molar-refractivity contribution is 4.84. The summed E-state index contributed by atoms with van der Waals surface area (Å²) in [6.07, 6.45) is 6.56. The summed E-state index contributed by atoms with van der Waals surface area (Å²) in [6.45, 7) is 4.14. The van der Waals surface area contributed by atoms with Gasteiger partial charge in [-0.25, -0.2) is 0 Å². The zero-order valence-electron chi connectivity index (χ0n) is 7.56. The van der Waals surface area contributed by atoms with E-state index in [-0.39, 0.29) is 5.54 Å². The smallest absolute Gasteiger partial charge is 0.0401 e. The number of rotatable bonds is 2. The molecular formula is C9H19NO. The minimum absolute atomic E-state index is 0.0829. The SMILES string of the molecule is CC(C)(NO)C1CCCCC1. The van der Waals surface area contributed by atoms with Crippen LogP contribution in [-0.2, 0) is 0 Å². The van der Waals surface area contributed by atoms with E-state index in [1.54, 1.807) is 0 Å². The Balaban J connectivity index is 2.43. The summed E-state index contributed by atoms with van der Waals surface area (Å²) in [6, 6.07) is 0. The summed E-state index contributed by atoms with van der Waals surface area (Å²) in [5.74, 6) is 0.654. The van der Waals surface area contributed by atoms with Gasteiger partial charge in [-0.15, -0.1) is 0 Å². The molecule has 0 saturated heterocycles. The average Bonchev–Trinajstić information content (AvgIpc) is 2.06. The molecule has 0 aliphatic heterocycles. The highest BCUT2D eigenvalue weighted by Gasteiger charge is 2.29. The third kappa shape index (κ3) is 2.17. The number of hydrogen-bond acceptors (Lipinski definition) is 2. The highest BCUT2D eigenvalue weighted by Crippen LogP contribution is 2.31. The van der Waals surface area contributed by atoms with Gasteiger partial charge in [0.25, 0.3) is 0 Å². The molecule has 2 nitrogen and oxygen atoms in total. The predicted molar refractivity (Wildman–Crippen MR) is 45.6 cm³/mol. The molecule has 0 atom stereocenters. The van der Waals surface area contributed by atoms with Gasteiger partial charge in [0.2, 0.25) is 0 Å². The van der Waals surface area contributed by atoms with Crippen LogP contribution in [0.2, 0.25) is 0 Å². The van der Waals surface area contributed by atoms with Crippen LogP contribution in [0.3, 0.4) is 0 Å². The summed E-state index contributed by atoms with van der Waals surface area (Å²) in [4.78, 5) is 0. The molecule has 1 saturated carbocycles. The van der Waals surface area contributed by atoms with Gasteiger partial charge in [-0.05, 0) is 32.6 Å². The quantitative estimate of drug-likeness (QED) is 0.603. The molecule has 1 rings (SSSR count). The lowest BCUT2D eigenvalue weighted by Crippen LogP contribution is -2.44. The topological polar surface area (TPSA) is 32.3 Å². The molecule has 0 spiro atoms. The first-order valence-corrected chi connectivity index (χ1v) is 4.58. The lowest BCUT2D eigenvalue weighted by Gasteiger charge is -2.35. The Morgan fingerprint density at radius 3 is 2.18 bits per heavy atom. The Labute approximate surface area is 69.0 Å². The number of hydroxylamine groups is 1. The largest absolute Gasteiger partial charge is 0.316 e. The summed E-state index contributed by atoms with van der Waals surface area (Å²) >= 11 is 0. The van der Waals surface area contributed by atoms with Crippen molar-refractivity contribution >= 4 is 0 Å². The molecule has 0 aromatic rings. The monoisotopic (exact) mass is 157 g/mol. The van der Waals surface area contributed by atoms with Gasteiger partial charge in [-0.1, -0.05) is 19.3 Å². The van der Waals surface area contributed by atoms with E-state index >= 15 is 0 Å². The van der Waals surface area contributed by atoms with E-state index in [9.17, 15) is 0 Å². The molecule has 0 unspecified atom stereocenters. The molecule has 66 valence electrons. The minimum Gasteiger partial charge on any atom is -0.316 e. The lowest BCUT2D eigenvalue weighted by atomic mass is 9.77. The van der Waals surface area contributed by atoms with E-state index in [1.807, 2.05) is 0 Å². The van der Waals surface area contributed by atoms with Crippen molar-refractivity contribution in [2.75, 3.05) is 0 Å². The molecule has 0 aromatic carbocycles. The third-order valence-electron chi connectivity index (χ3n) is 2.91. The maximum Gasteiger partial charge on any atom is 0.0401 e. The lowest BCUT2D eigenvalue weighted by molar-refractivity contribution is 0.0327. The molecular weight excluding hydrogens is 138 g/mol. The second kappa shape index (κ2) is 3.55. The molecule has 0 bridgehead atoms. The second-order valence-electron chi connectivity index (χ2n) is 4.17. The van der Waals surface area contributed by atoms with Crippen molar-refractivity contribution in [2.45, 2.75) is 51.5 Å². The Hall–Kier alpha value is -0.0800. The molecule has 1 fully saturated rings. The van der Waals surface area contributed by atoms with Crippen LogP contribution in [0.15, 0.2) is 0 Å². The molecule has 2 heteroatoms. The van der Waals surface area contributed by atoms with E-state index in [0.717, 1.165) is 0 Å².